The van der Waals surface area contributed by atoms with Gasteiger partial charge in [0.05, 0.1) is 18.5 Å². The van der Waals surface area contributed by atoms with Crippen molar-refractivity contribution in [3.63, 3.8) is 0 Å². The predicted molar refractivity (Wildman–Crippen MR) is 96.7 cm³/mol. The average molecular weight is 336 g/mol. The largest absolute Gasteiger partial charge is 0.496 e. The van der Waals surface area contributed by atoms with Crippen molar-refractivity contribution in [2.75, 3.05) is 7.11 Å². The van der Waals surface area contributed by atoms with Crippen molar-refractivity contribution in [1.82, 2.24) is 9.78 Å². The molecule has 1 N–H and O–H groups in total. The summed E-state index contributed by atoms with van der Waals surface area (Å²) in [6.45, 7) is 6.02. The Morgan fingerprint density at radius 3 is 2.36 bits per heavy atom. The second kappa shape index (κ2) is 6.43. The Kier molecular flexibility index (Phi) is 4.31. The van der Waals surface area contributed by atoms with Crippen molar-refractivity contribution in [2.45, 2.75) is 20.8 Å². The van der Waals surface area contributed by atoms with Gasteiger partial charge in [0.15, 0.2) is 5.69 Å². The van der Waals surface area contributed by atoms with Gasteiger partial charge in [-0.15, -0.1) is 0 Å². The Morgan fingerprint density at radius 1 is 1.00 bits per heavy atom. The third-order valence-corrected chi connectivity index (χ3v) is 4.35. The van der Waals surface area contributed by atoms with Crippen LogP contribution in [0.5, 0.6) is 5.75 Å². The summed E-state index contributed by atoms with van der Waals surface area (Å²) in [6, 6.07) is 13.3. The zero-order chi connectivity index (χ0) is 18.1. The molecule has 0 fully saturated rings. The monoisotopic (exact) mass is 336 g/mol. The molecular formula is C20H20N2O3. The van der Waals surface area contributed by atoms with Crippen molar-refractivity contribution < 1.29 is 14.6 Å². The molecule has 0 saturated heterocycles. The minimum atomic E-state index is -1.05. The Morgan fingerprint density at radius 2 is 1.76 bits per heavy atom. The number of aryl methyl sites for hydroxylation is 3. The highest BCUT2D eigenvalue weighted by molar-refractivity contribution is 5.87. The molecule has 0 saturated carbocycles. The van der Waals surface area contributed by atoms with E-state index in [1.54, 1.807) is 17.9 Å². The number of aromatic carboxylic acids is 1. The van der Waals surface area contributed by atoms with E-state index in [4.69, 9.17) is 4.74 Å². The van der Waals surface area contributed by atoms with Crippen molar-refractivity contribution in [3.05, 3.63) is 64.8 Å². The zero-order valence-electron chi connectivity index (χ0n) is 14.7. The number of nitrogens with zero attached hydrogens (tertiary/aromatic N) is 2. The van der Waals surface area contributed by atoms with Crippen molar-refractivity contribution in [3.8, 4) is 22.7 Å². The Bertz CT molecular complexity index is 958. The number of carbonyl (C=O) groups is 1. The first-order valence-corrected chi connectivity index (χ1v) is 7.96. The van der Waals surface area contributed by atoms with Crippen LogP contribution in [0.3, 0.4) is 0 Å². The maximum atomic E-state index is 11.4. The lowest BCUT2D eigenvalue weighted by atomic mass is 10.1. The second-order valence-corrected chi connectivity index (χ2v) is 6.08. The van der Waals surface area contributed by atoms with Crippen molar-refractivity contribution >= 4 is 5.97 Å². The fourth-order valence-corrected chi connectivity index (χ4v) is 2.78. The summed E-state index contributed by atoms with van der Waals surface area (Å²) in [5.74, 6) is -0.256. The van der Waals surface area contributed by atoms with Gasteiger partial charge < -0.3 is 9.84 Å². The lowest BCUT2D eigenvalue weighted by Crippen LogP contribution is -2.03. The van der Waals surface area contributed by atoms with E-state index in [1.165, 1.54) is 5.56 Å². The number of benzene rings is 2. The molecule has 25 heavy (non-hydrogen) atoms. The van der Waals surface area contributed by atoms with Crippen LogP contribution in [0.25, 0.3) is 16.9 Å². The molecule has 0 unspecified atom stereocenters. The molecule has 0 aliphatic rings. The fraction of sp³-hybridized carbons (Fsp3) is 0.200. The smallest absolute Gasteiger partial charge is 0.356 e. The molecule has 3 rings (SSSR count). The third kappa shape index (κ3) is 3.13. The van der Waals surface area contributed by atoms with Gasteiger partial charge in [-0.05, 0) is 73.9 Å². The molecule has 0 radical (unpaired) electrons. The second-order valence-electron chi connectivity index (χ2n) is 6.08. The first-order chi connectivity index (χ1) is 11.9. The quantitative estimate of drug-likeness (QED) is 0.776. The summed E-state index contributed by atoms with van der Waals surface area (Å²) >= 11 is 0. The molecule has 2 aromatic carbocycles. The molecule has 0 spiro atoms. The minimum Gasteiger partial charge on any atom is -0.496 e. The molecule has 0 aliphatic heterocycles. The Labute approximate surface area is 146 Å². The highest BCUT2D eigenvalue weighted by Gasteiger charge is 2.17. The summed E-state index contributed by atoms with van der Waals surface area (Å²) in [7, 11) is 1.63. The van der Waals surface area contributed by atoms with E-state index >= 15 is 0 Å². The molecule has 3 aromatic rings. The topological polar surface area (TPSA) is 64.3 Å². The highest BCUT2D eigenvalue weighted by atomic mass is 16.5. The predicted octanol–water partition coefficient (Wildman–Crippen LogP) is 4.17. The van der Waals surface area contributed by atoms with Crippen LogP contribution < -0.4 is 4.74 Å². The van der Waals surface area contributed by atoms with E-state index in [9.17, 15) is 9.90 Å². The number of methoxy groups -OCH3 is 1. The van der Waals surface area contributed by atoms with E-state index in [2.05, 4.69) is 5.10 Å². The van der Waals surface area contributed by atoms with Gasteiger partial charge in [-0.2, -0.15) is 5.10 Å². The maximum absolute atomic E-state index is 11.4. The SMILES string of the molecule is COc1ccc(-c2cc(C(=O)O)nn2-c2ccc(C)c(C)c2)cc1C. The average Bonchev–Trinajstić information content (AvgIpc) is 3.03. The van der Waals surface area contributed by atoms with E-state index in [-0.39, 0.29) is 5.69 Å². The van der Waals surface area contributed by atoms with E-state index in [0.29, 0.717) is 0 Å². The standard InChI is InChI=1S/C20H20N2O3/c1-12-5-7-16(10-13(12)2)22-18(11-17(21-22)20(23)24)15-6-8-19(25-4)14(3)9-15/h5-11H,1-4H3,(H,23,24). The van der Waals surface area contributed by atoms with Gasteiger partial charge in [0, 0.05) is 5.56 Å². The van der Waals surface area contributed by atoms with Crippen LogP contribution in [0, 0.1) is 20.8 Å². The number of ether oxygens (including phenoxy) is 1. The lowest BCUT2D eigenvalue weighted by molar-refractivity contribution is 0.0690. The lowest BCUT2D eigenvalue weighted by Gasteiger charge is -2.11. The normalized spacial score (nSPS) is 10.7. The van der Waals surface area contributed by atoms with Crippen LogP contribution in [-0.2, 0) is 0 Å². The summed E-state index contributed by atoms with van der Waals surface area (Å²) in [6.07, 6.45) is 0. The highest BCUT2D eigenvalue weighted by Crippen LogP contribution is 2.29. The van der Waals surface area contributed by atoms with Gasteiger partial charge in [-0.25, -0.2) is 9.48 Å². The summed E-state index contributed by atoms with van der Waals surface area (Å²) in [5, 5.41) is 13.6. The molecule has 0 amide bonds. The minimum absolute atomic E-state index is 0.0155. The number of aromatic nitrogens is 2. The molecule has 0 bridgehead atoms. The van der Waals surface area contributed by atoms with Crippen LogP contribution in [0.2, 0.25) is 0 Å². The summed E-state index contributed by atoms with van der Waals surface area (Å²) < 4.78 is 6.98. The van der Waals surface area contributed by atoms with E-state index < -0.39 is 5.97 Å². The Hall–Kier alpha value is -3.08. The van der Waals surface area contributed by atoms with Crippen LogP contribution in [-0.4, -0.2) is 28.0 Å². The van der Waals surface area contributed by atoms with Crippen LogP contribution >= 0.6 is 0 Å². The van der Waals surface area contributed by atoms with Crippen LogP contribution in [0.1, 0.15) is 27.2 Å². The number of hydrogen-bond acceptors (Lipinski definition) is 3. The molecule has 1 aromatic heterocycles. The fourth-order valence-electron chi connectivity index (χ4n) is 2.78. The summed E-state index contributed by atoms with van der Waals surface area (Å²) in [5.41, 5.74) is 5.74. The number of rotatable bonds is 4. The molecule has 1 heterocycles. The Balaban J connectivity index is 2.20. The van der Waals surface area contributed by atoms with Crippen molar-refractivity contribution in [2.24, 2.45) is 0 Å². The van der Waals surface area contributed by atoms with Gasteiger partial charge >= 0.3 is 5.97 Å². The maximum Gasteiger partial charge on any atom is 0.356 e. The van der Waals surface area contributed by atoms with Gasteiger partial charge in [-0.1, -0.05) is 6.07 Å². The first kappa shape index (κ1) is 16.8. The third-order valence-electron chi connectivity index (χ3n) is 4.35. The van der Waals surface area contributed by atoms with Crippen LogP contribution in [0.4, 0.5) is 0 Å². The molecule has 5 heteroatoms. The van der Waals surface area contributed by atoms with Gasteiger partial charge in [-0.3, -0.25) is 0 Å². The summed E-state index contributed by atoms with van der Waals surface area (Å²) in [4.78, 5) is 11.4. The van der Waals surface area contributed by atoms with Gasteiger partial charge in [0.25, 0.3) is 0 Å². The van der Waals surface area contributed by atoms with E-state index in [1.807, 2.05) is 57.2 Å². The number of carboxylic acid groups (broad SMARTS) is 1. The number of hydrogen-bond donors (Lipinski definition) is 1. The van der Waals surface area contributed by atoms with Gasteiger partial charge in [0.1, 0.15) is 5.75 Å². The van der Waals surface area contributed by atoms with E-state index in [0.717, 1.165) is 33.8 Å². The molecule has 5 nitrogen and oxygen atoms in total. The molecule has 128 valence electrons. The molecule has 0 atom stereocenters. The zero-order valence-corrected chi connectivity index (χ0v) is 14.7. The van der Waals surface area contributed by atoms with Crippen molar-refractivity contribution in [1.29, 1.82) is 0 Å². The van der Waals surface area contributed by atoms with Crippen LogP contribution in [0.15, 0.2) is 42.5 Å². The molecule has 0 aliphatic carbocycles. The first-order valence-electron chi connectivity index (χ1n) is 7.96. The molecular weight excluding hydrogens is 316 g/mol. The van der Waals surface area contributed by atoms with Gasteiger partial charge in [0.2, 0.25) is 0 Å². The number of carboxylic acids is 1.